The Bertz CT molecular complexity index is 507. The van der Waals surface area contributed by atoms with Gasteiger partial charge in [-0.3, -0.25) is 4.57 Å². The van der Waals surface area contributed by atoms with E-state index in [9.17, 15) is 19.5 Å². The maximum Gasteiger partial charge on any atom is 0.362 e. The zero-order valence-electron chi connectivity index (χ0n) is 19.4. The molecule has 1 atom stereocenters. The molecule has 1 unspecified atom stereocenters. The average molecular weight is 433 g/mol. The van der Waals surface area contributed by atoms with Gasteiger partial charge in [-0.2, -0.15) is 0 Å². The number of hydrogen-bond donors (Lipinski definition) is 3. The highest BCUT2D eigenvalue weighted by Gasteiger charge is 2.48. The molecule has 0 aromatic rings. The lowest BCUT2D eigenvalue weighted by atomic mass is 10.1. The molecule has 29 heavy (non-hydrogen) atoms. The molecule has 5 nitrogen and oxygen atoms in total. The van der Waals surface area contributed by atoms with Gasteiger partial charge in [-0.25, -0.2) is 0 Å². The number of unbranched alkanes of at least 4 members (excludes halogenated alkanes) is 9. The Morgan fingerprint density at radius 1 is 0.759 bits per heavy atom. The first kappa shape index (κ1) is 28.5. The zero-order valence-corrected chi connectivity index (χ0v) is 20.2. The Balaban J connectivity index is 3.82. The molecule has 0 aromatic carbocycles. The van der Waals surface area contributed by atoms with E-state index in [0.717, 1.165) is 12.8 Å². The van der Waals surface area contributed by atoms with Crippen LogP contribution in [0, 0.1) is 0 Å². The van der Waals surface area contributed by atoms with Crippen LogP contribution >= 0.6 is 7.60 Å². The molecule has 0 aliphatic rings. The van der Waals surface area contributed by atoms with Crippen LogP contribution in [-0.4, -0.2) is 52.4 Å². The molecule has 0 fully saturated rings. The summed E-state index contributed by atoms with van der Waals surface area (Å²) in [6.07, 6.45) is 22.7. The van der Waals surface area contributed by atoms with E-state index >= 15 is 0 Å². The maximum absolute atomic E-state index is 11.7. The molecule has 6 heteroatoms. The van der Waals surface area contributed by atoms with Crippen LogP contribution in [-0.2, 0) is 4.57 Å². The molecule has 0 aliphatic heterocycles. The molecule has 0 bridgehead atoms. The summed E-state index contributed by atoms with van der Waals surface area (Å²) in [7, 11) is 0.909. The fraction of sp³-hybridized carbons (Fsp3) is 0.826. The van der Waals surface area contributed by atoms with Gasteiger partial charge in [-0.15, -0.1) is 0 Å². The van der Waals surface area contributed by atoms with Crippen LogP contribution in [0.3, 0.4) is 0 Å². The van der Waals surface area contributed by atoms with Crippen LogP contribution in [0.5, 0.6) is 0 Å². The highest BCUT2D eigenvalue weighted by atomic mass is 31.2. The SMILES string of the molecule is CCCCC/C=C\CCCCCC/C=C\CCCC(O)(C[N+](C)(C)C)P(=O)(O)O. The van der Waals surface area contributed by atoms with Crippen LogP contribution in [0.15, 0.2) is 24.3 Å². The topological polar surface area (TPSA) is 77.8 Å². The summed E-state index contributed by atoms with van der Waals surface area (Å²) in [4.78, 5) is 19.1. The molecule has 0 amide bonds. The Hall–Kier alpha value is -0.450. The molecule has 0 radical (unpaired) electrons. The van der Waals surface area contributed by atoms with Crippen molar-refractivity contribution < 1.29 is 23.9 Å². The van der Waals surface area contributed by atoms with Gasteiger partial charge < -0.3 is 19.4 Å². The fourth-order valence-corrected chi connectivity index (χ4v) is 4.50. The van der Waals surface area contributed by atoms with Gasteiger partial charge in [0, 0.05) is 0 Å². The van der Waals surface area contributed by atoms with Crippen molar-refractivity contribution in [2.45, 2.75) is 95.7 Å². The number of allylic oxidation sites excluding steroid dienone is 4. The van der Waals surface area contributed by atoms with Crippen LogP contribution in [0.1, 0.15) is 90.4 Å². The summed E-state index contributed by atoms with van der Waals surface area (Å²) in [5, 5.41) is 8.55. The van der Waals surface area contributed by atoms with E-state index in [0.29, 0.717) is 10.9 Å². The van der Waals surface area contributed by atoms with Crippen LogP contribution < -0.4 is 0 Å². The first-order chi connectivity index (χ1) is 13.5. The lowest BCUT2D eigenvalue weighted by molar-refractivity contribution is -0.875. The Morgan fingerprint density at radius 2 is 1.17 bits per heavy atom. The molecule has 3 N–H and O–H groups in total. The van der Waals surface area contributed by atoms with E-state index in [4.69, 9.17) is 0 Å². The molecule has 172 valence electrons. The molecule has 0 saturated heterocycles. The number of likely N-dealkylation sites (N-methyl/N-ethyl adjacent to an activating group) is 1. The largest absolute Gasteiger partial charge is 0.373 e. The van der Waals surface area contributed by atoms with Gasteiger partial charge in [-0.05, 0) is 57.8 Å². The third-order valence-electron chi connectivity index (χ3n) is 5.02. The van der Waals surface area contributed by atoms with E-state index in [1.807, 2.05) is 21.1 Å². The first-order valence-electron chi connectivity index (χ1n) is 11.4. The Labute approximate surface area is 179 Å². The van der Waals surface area contributed by atoms with Gasteiger partial charge in [-0.1, -0.05) is 56.9 Å². The smallest absolute Gasteiger partial charge is 0.362 e. The van der Waals surface area contributed by atoms with Crippen molar-refractivity contribution in [3.05, 3.63) is 24.3 Å². The number of hydrogen-bond acceptors (Lipinski definition) is 2. The fourth-order valence-electron chi connectivity index (χ4n) is 3.44. The summed E-state index contributed by atoms with van der Waals surface area (Å²) in [5.41, 5.74) is 0. The summed E-state index contributed by atoms with van der Waals surface area (Å²) in [5.74, 6) is 0. The van der Waals surface area contributed by atoms with Crippen molar-refractivity contribution in [1.82, 2.24) is 0 Å². The highest BCUT2D eigenvalue weighted by Crippen LogP contribution is 2.52. The van der Waals surface area contributed by atoms with Crippen molar-refractivity contribution in [2.24, 2.45) is 0 Å². The quantitative estimate of drug-likeness (QED) is 0.111. The summed E-state index contributed by atoms with van der Waals surface area (Å²) < 4.78 is 12.0. The zero-order chi connectivity index (χ0) is 22.2. The van der Waals surface area contributed by atoms with E-state index in [2.05, 4.69) is 31.2 Å². The first-order valence-corrected chi connectivity index (χ1v) is 13.0. The van der Waals surface area contributed by atoms with E-state index < -0.39 is 12.9 Å². The highest BCUT2D eigenvalue weighted by molar-refractivity contribution is 7.53. The van der Waals surface area contributed by atoms with Gasteiger partial charge in [0.05, 0.1) is 21.1 Å². The average Bonchev–Trinajstić information content (AvgIpc) is 2.59. The molecular formula is C23H47NO4P+. The lowest BCUT2D eigenvalue weighted by Gasteiger charge is -2.35. The van der Waals surface area contributed by atoms with Gasteiger partial charge in [0.15, 0.2) is 0 Å². The number of rotatable bonds is 18. The minimum absolute atomic E-state index is 0.0366. The molecular weight excluding hydrogens is 385 g/mol. The Morgan fingerprint density at radius 3 is 1.55 bits per heavy atom. The van der Waals surface area contributed by atoms with Crippen LogP contribution in [0.2, 0.25) is 0 Å². The van der Waals surface area contributed by atoms with Gasteiger partial charge in [0.25, 0.3) is 0 Å². The van der Waals surface area contributed by atoms with E-state index in [1.165, 1.54) is 57.8 Å². The molecule has 0 rings (SSSR count). The second-order valence-corrected chi connectivity index (χ2v) is 11.2. The summed E-state index contributed by atoms with van der Waals surface area (Å²) in [6.45, 7) is 2.27. The number of nitrogens with zero attached hydrogens (tertiary/aromatic N) is 1. The number of quaternary nitrogens is 1. The van der Waals surface area contributed by atoms with Crippen LogP contribution in [0.25, 0.3) is 0 Å². The minimum Gasteiger partial charge on any atom is -0.373 e. The Kier molecular flexibility index (Phi) is 15.1. The minimum atomic E-state index is -4.56. The van der Waals surface area contributed by atoms with Crippen molar-refractivity contribution in [1.29, 1.82) is 0 Å². The molecule has 0 saturated carbocycles. The second kappa shape index (κ2) is 15.4. The molecule has 0 heterocycles. The predicted octanol–water partition coefficient (Wildman–Crippen LogP) is 5.76. The van der Waals surface area contributed by atoms with Gasteiger partial charge >= 0.3 is 7.60 Å². The molecule has 0 aromatic heterocycles. The third kappa shape index (κ3) is 16.0. The summed E-state index contributed by atoms with van der Waals surface area (Å²) in [6, 6.07) is 0. The maximum atomic E-state index is 11.7. The molecule has 0 spiro atoms. The second-order valence-electron chi connectivity index (χ2n) is 9.30. The van der Waals surface area contributed by atoms with Gasteiger partial charge in [0.1, 0.15) is 6.54 Å². The number of aliphatic hydroxyl groups is 1. The van der Waals surface area contributed by atoms with Crippen LogP contribution in [0.4, 0.5) is 0 Å². The van der Waals surface area contributed by atoms with Crippen molar-refractivity contribution in [3.8, 4) is 0 Å². The third-order valence-corrected chi connectivity index (χ3v) is 6.47. The standard InChI is InChI=1S/C23H46NO4P/c1-5-6-7-8-9-10-11-12-13-14-15-16-17-18-19-20-21-23(25,29(26,27)28)22-24(2,3)4/h9-10,17-18,25H,5-8,11-16,19-22H2,1-4H3,(H-,26,27,28)/p+1/b10-9-,18-17-. The summed E-state index contributed by atoms with van der Waals surface area (Å²) >= 11 is 0. The van der Waals surface area contributed by atoms with E-state index in [-0.39, 0.29) is 13.0 Å². The van der Waals surface area contributed by atoms with Crippen molar-refractivity contribution in [2.75, 3.05) is 27.7 Å². The van der Waals surface area contributed by atoms with Gasteiger partial charge in [0.2, 0.25) is 5.34 Å². The monoisotopic (exact) mass is 432 g/mol. The van der Waals surface area contributed by atoms with Crippen molar-refractivity contribution in [3.63, 3.8) is 0 Å². The molecule has 0 aliphatic carbocycles. The van der Waals surface area contributed by atoms with E-state index in [1.54, 1.807) is 0 Å². The normalized spacial score (nSPS) is 15.4. The predicted molar refractivity (Wildman–Crippen MR) is 124 cm³/mol. The van der Waals surface area contributed by atoms with Crippen molar-refractivity contribution >= 4 is 7.60 Å². The lowest BCUT2D eigenvalue weighted by Crippen LogP contribution is -2.49.